The number of aromatic carboxylic acids is 1. The van der Waals surface area contributed by atoms with Crippen LogP contribution in [0, 0.1) is 0 Å². The van der Waals surface area contributed by atoms with E-state index in [4.69, 9.17) is 0 Å². The first-order valence-corrected chi connectivity index (χ1v) is 7.33. The monoisotopic (exact) mass is 316 g/mol. The number of carboxylic acid groups (broad SMARTS) is 1. The lowest BCUT2D eigenvalue weighted by Crippen LogP contribution is -2.04. The number of pyridine rings is 2. The highest BCUT2D eigenvalue weighted by molar-refractivity contribution is 5.89. The fourth-order valence-electron chi connectivity index (χ4n) is 2.63. The second-order valence-corrected chi connectivity index (χ2v) is 5.20. The standard InChI is InChI=1S/C18H12N4O2/c23-18(24)14-11-16(13-7-1-2-9-19-13)22(21-14)15-8-3-5-12-6-4-10-20-17(12)15/h1-11H,(H,23,24). The first-order chi connectivity index (χ1) is 11.7. The van der Waals surface area contributed by atoms with E-state index >= 15 is 0 Å². The Morgan fingerprint density at radius 1 is 0.958 bits per heavy atom. The molecule has 0 amide bonds. The molecule has 4 rings (SSSR count). The molecular weight excluding hydrogens is 304 g/mol. The van der Waals surface area contributed by atoms with Gasteiger partial charge < -0.3 is 5.11 Å². The maximum absolute atomic E-state index is 11.4. The zero-order chi connectivity index (χ0) is 16.5. The number of hydrogen-bond donors (Lipinski definition) is 1. The van der Waals surface area contributed by atoms with E-state index in [1.165, 1.54) is 6.07 Å². The van der Waals surface area contributed by atoms with E-state index < -0.39 is 5.97 Å². The van der Waals surface area contributed by atoms with Crippen molar-refractivity contribution in [2.75, 3.05) is 0 Å². The Bertz CT molecular complexity index is 1040. The maximum Gasteiger partial charge on any atom is 0.356 e. The van der Waals surface area contributed by atoms with Crippen molar-refractivity contribution in [1.82, 2.24) is 19.7 Å². The Morgan fingerprint density at radius 2 is 1.79 bits per heavy atom. The van der Waals surface area contributed by atoms with Crippen molar-refractivity contribution in [3.05, 3.63) is 72.7 Å². The van der Waals surface area contributed by atoms with Crippen LogP contribution in [0.3, 0.4) is 0 Å². The van der Waals surface area contributed by atoms with Gasteiger partial charge in [0.05, 0.1) is 22.6 Å². The molecule has 0 atom stereocenters. The minimum atomic E-state index is -1.08. The van der Waals surface area contributed by atoms with Crippen molar-refractivity contribution in [2.24, 2.45) is 0 Å². The molecule has 3 aromatic heterocycles. The van der Waals surface area contributed by atoms with Crippen LogP contribution in [0.1, 0.15) is 10.5 Å². The van der Waals surface area contributed by atoms with Gasteiger partial charge in [0.2, 0.25) is 0 Å². The highest BCUT2D eigenvalue weighted by Gasteiger charge is 2.18. The molecule has 0 aliphatic rings. The molecule has 0 radical (unpaired) electrons. The predicted molar refractivity (Wildman–Crippen MR) is 89.1 cm³/mol. The molecular formula is C18H12N4O2. The smallest absolute Gasteiger partial charge is 0.356 e. The number of aromatic nitrogens is 4. The topological polar surface area (TPSA) is 80.9 Å². The molecule has 0 fully saturated rings. The summed E-state index contributed by atoms with van der Waals surface area (Å²) in [7, 11) is 0. The number of para-hydroxylation sites is 1. The largest absolute Gasteiger partial charge is 0.476 e. The highest BCUT2D eigenvalue weighted by Crippen LogP contribution is 2.26. The Morgan fingerprint density at radius 3 is 2.58 bits per heavy atom. The van der Waals surface area contributed by atoms with Gasteiger partial charge in [0.15, 0.2) is 5.69 Å². The summed E-state index contributed by atoms with van der Waals surface area (Å²) in [5, 5.41) is 14.5. The molecule has 1 aromatic carbocycles. The van der Waals surface area contributed by atoms with E-state index in [9.17, 15) is 9.90 Å². The van der Waals surface area contributed by atoms with Crippen LogP contribution in [0.2, 0.25) is 0 Å². The van der Waals surface area contributed by atoms with Crippen LogP contribution >= 0.6 is 0 Å². The number of benzene rings is 1. The second kappa shape index (κ2) is 5.58. The molecule has 0 bridgehead atoms. The van der Waals surface area contributed by atoms with Crippen LogP contribution in [-0.2, 0) is 0 Å². The summed E-state index contributed by atoms with van der Waals surface area (Å²) in [5.41, 5.74) is 2.67. The molecule has 0 saturated heterocycles. The van der Waals surface area contributed by atoms with Crippen LogP contribution in [-0.4, -0.2) is 30.8 Å². The molecule has 6 heteroatoms. The van der Waals surface area contributed by atoms with E-state index in [0.717, 1.165) is 10.9 Å². The van der Waals surface area contributed by atoms with E-state index in [-0.39, 0.29) is 5.69 Å². The van der Waals surface area contributed by atoms with Crippen LogP contribution < -0.4 is 0 Å². The van der Waals surface area contributed by atoms with Crippen molar-refractivity contribution in [1.29, 1.82) is 0 Å². The van der Waals surface area contributed by atoms with Gasteiger partial charge in [-0.1, -0.05) is 24.3 Å². The zero-order valence-electron chi connectivity index (χ0n) is 12.5. The van der Waals surface area contributed by atoms with E-state index in [0.29, 0.717) is 17.1 Å². The molecule has 0 spiro atoms. The summed E-state index contributed by atoms with van der Waals surface area (Å²) < 4.78 is 1.58. The predicted octanol–water partition coefficient (Wildman–Crippen LogP) is 3.18. The van der Waals surface area contributed by atoms with Crippen LogP contribution in [0.4, 0.5) is 0 Å². The number of carbonyl (C=O) groups is 1. The SMILES string of the molecule is O=C(O)c1cc(-c2ccccn2)n(-c2cccc3cccnc23)n1. The lowest BCUT2D eigenvalue weighted by atomic mass is 10.2. The third kappa shape index (κ3) is 2.30. The van der Waals surface area contributed by atoms with Gasteiger partial charge in [0.1, 0.15) is 0 Å². The van der Waals surface area contributed by atoms with Gasteiger partial charge in [-0.15, -0.1) is 0 Å². The van der Waals surface area contributed by atoms with Gasteiger partial charge in [0.25, 0.3) is 0 Å². The molecule has 24 heavy (non-hydrogen) atoms. The lowest BCUT2D eigenvalue weighted by Gasteiger charge is -2.09. The highest BCUT2D eigenvalue weighted by atomic mass is 16.4. The summed E-state index contributed by atoms with van der Waals surface area (Å²) in [6.07, 6.45) is 3.36. The van der Waals surface area contributed by atoms with Gasteiger partial charge in [-0.05, 0) is 24.3 Å². The van der Waals surface area contributed by atoms with Crippen molar-refractivity contribution in [3.8, 4) is 17.1 Å². The van der Waals surface area contributed by atoms with Crippen LogP contribution in [0.25, 0.3) is 28.0 Å². The normalized spacial score (nSPS) is 10.8. The van der Waals surface area contributed by atoms with E-state index in [1.807, 2.05) is 48.5 Å². The first-order valence-electron chi connectivity index (χ1n) is 7.33. The molecule has 116 valence electrons. The summed E-state index contributed by atoms with van der Waals surface area (Å²) >= 11 is 0. The fraction of sp³-hybridized carbons (Fsp3) is 0. The number of hydrogen-bond acceptors (Lipinski definition) is 4. The van der Waals surface area contributed by atoms with Gasteiger partial charge in [-0.25, -0.2) is 9.48 Å². The number of fused-ring (bicyclic) bond motifs is 1. The van der Waals surface area contributed by atoms with Crippen LogP contribution in [0.15, 0.2) is 67.0 Å². The Labute approximate surface area is 137 Å². The summed E-state index contributed by atoms with van der Waals surface area (Å²) in [6, 6.07) is 16.5. The summed E-state index contributed by atoms with van der Waals surface area (Å²) in [4.78, 5) is 20.1. The Hall–Kier alpha value is -3.54. The van der Waals surface area contributed by atoms with Crippen molar-refractivity contribution < 1.29 is 9.90 Å². The average molecular weight is 316 g/mol. The Kier molecular flexibility index (Phi) is 3.28. The molecule has 3 heterocycles. The van der Waals surface area contributed by atoms with Gasteiger partial charge in [-0.2, -0.15) is 5.10 Å². The molecule has 0 aliphatic carbocycles. The molecule has 0 aliphatic heterocycles. The van der Waals surface area contributed by atoms with E-state index in [2.05, 4.69) is 15.1 Å². The van der Waals surface area contributed by atoms with Gasteiger partial charge in [0, 0.05) is 23.8 Å². The second-order valence-electron chi connectivity index (χ2n) is 5.20. The average Bonchev–Trinajstić information content (AvgIpc) is 3.07. The molecule has 0 saturated carbocycles. The quantitative estimate of drug-likeness (QED) is 0.628. The number of nitrogens with zero attached hydrogens (tertiary/aromatic N) is 4. The van der Waals surface area contributed by atoms with Crippen molar-refractivity contribution in [3.63, 3.8) is 0 Å². The lowest BCUT2D eigenvalue weighted by molar-refractivity contribution is 0.0690. The molecule has 6 nitrogen and oxygen atoms in total. The minimum Gasteiger partial charge on any atom is -0.476 e. The van der Waals surface area contributed by atoms with Gasteiger partial charge >= 0.3 is 5.97 Å². The third-order valence-corrected chi connectivity index (χ3v) is 3.70. The maximum atomic E-state index is 11.4. The number of carboxylic acids is 1. The van der Waals surface area contributed by atoms with Crippen molar-refractivity contribution in [2.45, 2.75) is 0 Å². The zero-order valence-corrected chi connectivity index (χ0v) is 12.5. The first kappa shape index (κ1) is 14.1. The molecule has 4 aromatic rings. The summed E-state index contributed by atoms with van der Waals surface area (Å²) in [5.74, 6) is -1.08. The minimum absolute atomic E-state index is 0.0383. The third-order valence-electron chi connectivity index (χ3n) is 3.70. The van der Waals surface area contributed by atoms with E-state index in [1.54, 1.807) is 17.1 Å². The van der Waals surface area contributed by atoms with Gasteiger partial charge in [-0.3, -0.25) is 9.97 Å². The van der Waals surface area contributed by atoms with Crippen molar-refractivity contribution >= 4 is 16.9 Å². The molecule has 1 N–H and O–H groups in total. The summed E-state index contributed by atoms with van der Waals surface area (Å²) in [6.45, 7) is 0. The fourth-order valence-corrected chi connectivity index (χ4v) is 2.63. The molecule has 0 unspecified atom stereocenters. The Balaban J connectivity index is 2.02. The van der Waals surface area contributed by atoms with Crippen LogP contribution in [0.5, 0.6) is 0 Å². The number of rotatable bonds is 3.